The highest BCUT2D eigenvalue weighted by molar-refractivity contribution is 7.21. The van der Waals surface area contributed by atoms with Crippen LogP contribution < -0.4 is 4.90 Å². The van der Waals surface area contributed by atoms with Crippen LogP contribution in [0.1, 0.15) is 30.9 Å². The fraction of sp³-hybridized carbons (Fsp3) is 0.391. The molecule has 31 heavy (non-hydrogen) atoms. The maximum atomic E-state index is 13.6. The average molecular weight is 436 g/mol. The fourth-order valence-electron chi connectivity index (χ4n) is 4.38. The lowest BCUT2D eigenvalue weighted by molar-refractivity contribution is -0.148. The van der Waals surface area contributed by atoms with Crippen molar-refractivity contribution in [2.45, 2.75) is 25.3 Å². The highest BCUT2D eigenvalue weighted by atomic mass is 32.1. The second-order valence-corrected chi connectivity index (χ2v) is 8.95. The van der Waals surface area contributed by atoms with Gasteiger partial charge in [0.05, 0.1) is 0 Å². The normalized spacial score (nSPS) is 18.5. The Hall–Kier alpha value is -3.00. The molecule has 0 radical (unpaired) electrons. The first kappa shape index (κ1) is 19.9. The third-order valence-electron chi connectivity index (χ3n) is 6.04. The first-order valence-corrected chi connectivity index (χ1v) is 11.6. The minimum Gasteiger partial charge on any atom is -0.344 e. The van der Waals surface area contributed by atoms with E-state index in [1.807, 2.05) is 47.4 Å². The number of benzene rings is 1. The van der Waals surface area contributed by atoms with Gasteiger partial charge in [-0.15, -0.1) is 0 Å². The molecule has 2 amide bonds. The molecule has 5 rings (SSSR count). The third kappa shape index (κ3) is 3.99. The molecule has 2 aliphatic heterocycles. The summed E-state index contributed by atoms with van der Waals surface area (Å²) in [5.74, 6) is 0.0983. The van der Waals surface area contributed by atoms with Crippen LogP contribution in [-0.4, -0.2) is 64.3 Å². The van der Waals surface area contributed by atoms with Gasteiger partial charge in [0.15, 0.2) is 5.13 Å². The Kier molecular flexibility index (Phi) is 5.55. The van der Waals surface area contributed by atoms with Crippen molar-refractivity contribution < 1.29 is 9.59 Å². The summed E-state index contributed by atoms with van der Waals surface area (Å²) in [6.07, 6.45) is 4.16. The minimum atomic E-state index is -0.535. The van der Waals surface area contributed by atoms with Gasteiger partial charge in [-0.25, -0.2) is 9.97 Å². The van der Waals surface area contributed by atoms with E-state index in [4.69, 9.17) is 4.98 Å². The van der Waals surface area contributed by atoms with Gasteiger partial charge in [0.25, 0.3) is 0 Å². The molecule has 2 saturated heterocycles. The van der Waals surface area contributed by atoms with E-state index in [2.05, 4.69) is 9.88 Å². The summed E-state index contributed by atoms with van der Waals surface area (Å²) in [5, 5.41) is 0.951. The van der Waals surface area contributed by atoms with Crippen LogP contribution in [0.2, 0.25) is 0 Å². The second kappa shape index (κ2) is 8.63. The summed E-state index contributed by atoms with van der Waals surface area (Å²) < 4.78 is 0. The number of piperazine rings is 1. The smallest absolute Gasteiger partial charge is 0.250 e. The molecule has 2 aromatic heterocycles. The first-order valence-electron chi connectivity index (χ1n) is 10.8. The van der Waals surface area contributed by atoms with E-state index in [9.17, 15) is 9.59 Å². The number of rotatable bonds is 4. The Bertz CT molecular complexity index is 1040. The van der Waals surface area contributed by atoms with Crippen molar-refractivity contribution in [2.24, 2.45) is 0 Å². The molecule has 1 atom stereocenters. The van der Waals surface area contributed by atoms with Crippen LogP contribution in [0, 0.1) is 0 Å². The highest BCUT2D eigenvalue weighted by Crippen LogP contribution is 2.30. The number of pyridine rings is 1. The molecule has 0 saturated carbocycles. The van der Waals surface area contributed by atoms with Gasteiger partial charge >= 0.3 is 0 Å². The number of fused-ring (bicyclic) bond motifs is 1. The molecule has 7 nitrogen and oxygen atoms in total. The number of aromatic nitrogens is 2. The van der Waals surface area contributed by atoms with Crippen molar-refractivity contribution in [3.8, 4) is 0 Å². The summed E-state index contributed by atoms with van der Waals surface area (Å²) in [7, 11) is 0. The van der Waals surface area contributed by atoms with Crippen LogP contribution in [0.4, 0.5) is 5.13 Å². The molecule has 0 N–H and O–H groups in total. The van der Waals surface area contributed by atoms with Gasteiger partial charge < -0.3 is 14.7 Å². The van der Waals surface area contributed by atoms with Crippen molar-refractivity contribution in [1.29, 1.82) is 0 Å². The van der Waals surface area contributed by atoms with E-state index in [0.29, 0.717) is 26.1 Å². The van der Waals surface area contributed by atoms with Gasteiger partial charge in [-0.05, 0) is 30.5 Å². The molecule has 0 bridgehead atoms. The van der Waals surface area contributed by atoms with Crippen molar-refractivity contribution in [3.05, 3.63) is 54.2 Å². The predicted molar refractivity (Wildman–Crippen MR) is 121 cm³/mol. The lowest BCUT2D eigenvalue weighted by Crippen LogP contribution is -2.53. The molecule has 8 heteroatoms. The number of anilines is 1. The SMILES string of the molecule is O=C(C(c1ccccc1)N1CCCCC1=O)N1CCN(c2nc3cccnc3s2)CC1. The Morgan fingerprint density at radius 3 is 2.52 bits per heavy atom. The topological polar surface area (TPSA) is 69.6 Å². The molecule has 4 heterocycles. The van der Waals surface area contributed by atoms with Crippen LogP contribution in [0.5, 0.6) is 0 Å². The van der Waals surface area contributed by atoms with E-state index in [1.165, 1.54) is 0 Å². The van der Waals surface area contributed by atoms with Crippen LogP contribution in [-0.2, 0) is 9.59 Å². The summed E-state index contributed by atoms with van der Waals surface area (Å²) in [6.45, 7) is 3.33. The maximum absolute atomic E-state index is 13.6. The van der Waals surface area contributed by atoms with Crippen LogP contribution >= 0.6 is 11.3 Å². The largest absolute Gasteiger partial charge is 0.344 e. The van der Waals surface area contributed by atoms with Crippen LogP contribution in [0.15, 0.2) is 48.7 Å². The van der Waals surface area contributed by atoms with Crippen molar-refractivity contribution in [1.82, 2.24) is 19.8 Å². The number of amides is 2. The van der Waals surface area contributed by atoms with Crippen LogP contribution in [0.3, 0.4) is 0 Å². The van der Waals surface area contributed by atoms with Gasteiger partial charge in [-0.3, -0.25) is 9.59 Å². The van der Waals surface area contributed by atoms with Gasteiger partial charge in [-0.1, -0.05) is 41.7 Å². The van der Waals surface area contributed by atoms with Crippen molar-refractivity contribution >= 4 is 38.6 Å². The summed E-state index contributed by atoms with van der Waals surface area (Å²) in [4.78, 5) is 42.2. The standard InChI is InChI=1S/C23H25N5O2S/c29-19-10-4-5-12-28(19)20(17-7-2-1-3-8-17)22(30)26-13-15-27(16-14-26)23-25-18-9-6-11-24-21(18)31-23/h1-3,6-9,11,20H,4-5,10,12-16H2. The number of hydrogen-bond donors (Lipinski definition) is 0. The fourth-order valence-corrected chi connectivity index (χ4v) is 5.34. The van der Waals surface area contributed by atoms with Gasteiger partial charge in [0.2, 0.25) is 11.8 Å². The molecular formula is C23H25N5O2S. The quantitative estimate of drug-likeness (QED) is 0.630. The summed E-state index contributed by atoms with van der Waals surface area (Å²) in [5.41, 5.74) is 1.80. The zero-order valence-corrected chi connectivity index (χ0v) is 18.1. The van der Waals surface area contributed by atoms with E-state index < -0.39 is 6.04 Å². The molecule has 2 fully saturated rings. The van der Waals surface area contributed by atoms with Gasteiger partial charge in [0, 0.05) is 45.3 Å². The van der Waals surface area contributed by atoms with Crippen molar-refractivity contribution in [3.63, 3.8) is 0 Å². The number of likely N-dealkylation sites (tertiary alicyclic amines) is 1. The van der Waals surface area contributed by atoms with Crippen LogP contribution in [0.25, 0.3) is 10.3 Å². The Morgan fingerprint density at radius 2 is 1.77 bits per heavy atom. The van der Waals surface area contributed by atoms with Gasteiger partial charge in [-0.2, -0.15) is 0 Å². The monoisotopic (exact) mass is 435 g/mol. The van der Waals surface area contributed by atoms with Gasteiger partial charge in [0.1, 0.15) is 16.4 Å². The molecule has 0 aliphatic carbocycles. The molecule has 0 spiro atoms. The predicted octanol–water partition coefficient (Wildman–Crippen LogP) is 3.09. The maximum Gasteiger partial charge on any atom is 0.250 e. The minimum absolute atomic E-state index is 0.0204. The molecule has 1 aromatic carbocycles. The molecule has 1 unspecified atom stereocenters. The Balaban J connectivity index is 1.32. The number of hydrogen-bond acceptors (Lipinski definition) is 6. The zero-order valence-electron chi connectivity index (χ0n) is 17.3. The number of nitrogens with zero attached hydrogens (tertiary/aromatic N) is 5. The number of carbonyl (C=O) groups excluding carboxylic acids is 2. The lowest BCUT2D eigenvalue weighted by Gasteiger charge is -2.40. The third-order valence-corrected chi connectivity index (χ3v) is 7.08. The van der Waals surface area contributed by atoms with Crippen molar-refractivity contribution in [2.75, 3.05) is 37.6 Å². The first-order chi connectivity index (χ1) is 15.2. The molecule has 160 valence electrons. The van der Waals surface area contributed by atoms with E-state index in [1.54, 1.807) is 22.4 Å². The van der Waals surface area contributed by atoms with E-state index in [0.717, 1.165) is 47.0 Å². The molecule has 3 aromatic rings. The highest BCUT2D eigenvalue weighted by Gasteiger charge is 2.36. The Labute approximate surface area is 185 Å². The summed E-state index contributed by atoms with van der Waals surface area (Å²) in [6, 6.07) is 13.0. The molecule has 2 aliphatic rings. The molecular weight excluding hydrogens is 410 g/mol. The number of thiazole rings is 1. The number of carbonyl (C=O) groups is 2. The second-order valence-electron chi connectivity index (χ2n) is 7.99. The lowest BCUT2D eigenvalue weighted by atomic mass is 9.99. The Morgan fingerprint density at radius 1 is 0.968 bits per heavy atom. The van der Waals surface area contributed by atoms with E-state index >= 15 is 0 Å². The summed E-state index contributed by atoms with van der Waals surface area (Å²) >= 11 is 1.59. The zero-order chi connectivity index (χ0) is 21.2. The number of piperidine rings is 1. The van der Waals surface area contributed by atoms with E-state index in [-0.39, 0.29) is 11.8 Å². The average Bonchev–Trinajstić information content (AvgIpc) is 3.26.